The van der Waals surface area contributed by atoms with E-state index in [1.807, 2.05) is 6.07 Å². The van der Waals surface area contributed by atoms with E-state index < -0.39 is 5.56 Å². The summed E-state index contributed by atoms with van der Waals surface area (Å²) in [5.41, 5.74) is 5.73. The highest BCUT2D eigenvalue weighted by molar-refractivity contribution is 6.37. The molecule has 0 saturated carbocycles. The van der Waals surface area contributed by atoms with Crippen molar-refractivity contribution in [2.75, 3.05) is 5.73 Å². The number of fused-ring (bicyclic) bond motifs is 1. The van der Waals surface area contributed by atoms with Gasteiger partial charge in [0.2, 0.25) is 5.95 Å². The third kappa shape index (κ3) is 2.17. The molecule has 2 N–H and O–H groups in total. The number of nitrogens with zero attached hydrogens (tertiary/aromatic N) is 4. The summed E-state index contributed by atoms with van der Waals surface area (Å²) in [6.45, 7) is 0. The number of nitriles is 1. The smallest absolute Gasteiger partial charge is 0.266 e. The second kappa shape index (κ2) is 5.30. The minimum atomic E-state index is -0.441. The predicted molar refractivity (Wildman–Crippen MR) is 84.3 cm³/mol. The summed E-state index contributed by atoms with van der Waals surface area (Å²) in [6.07, 6.45) is 2.62. The van der Waals surface area contributed by atoms with Crippen molar-refractivity contribution in [2.45, 2.75) is 0 Å². The number of rotatable bonds is 1. The number of nitrogens with two attached hydrogens (primary N) is 1. The Morgan fingerprint density at radius 2 is 1.95 bits per heavy atom. The molecule has 0 unspecified atom stereocenters. The third-order valence-corrected chi connectivity index (χ3v) is 3.68. The van der Waals surface area contributed by atoms with Crippen molar-refractivity contribution < 1.29 is 0 Å². The van der Waals surface area contributed by atoms with Crippen LogP contribution in [0.4, 0.5) is 5.95 Å². The molecule has 2 aromatic heterocycles. The molecule has 0 saturated heterocycles. The number of benzene rings is 1. The van der Waals surface area contributed by atoms with Crippen LogP contribution >= 0.6 is 23.2 Å². The van der Waals surface area contributed by atoms with E-state index in [2.05, 4.69) is 9.97 Å². The Labute approximate surface area is 134 Å². The van der Waals surface area contributed by atoms with Crippen molar-refractivity contribution in [3.05, 3.63) is 56.6 Å². The van der Waals surface area contributed by atoms with Gasteiger partial charge >= 0.3 is 0 Å². The van der Waals surface area contributed by atoms with Crippen LogP contribution in [0.2, 0.25) is 10.0 Å². The van der Waals surface area contributed by atoms with E-state index in [0.29, 0.717) is 5.69 Å². The Morgan fingerprint density at radius 1 is 1.27 bits per heavy atom. The van der Waals surface area contributed by atoms with Crippen LogP contribution in [0.5, 0.6) is 0 Å². The fourth-order valence-corrected chi connectivity index (χ4v) is 2.68. The number of nitrogen functional groups attached to an aromatic ring is 1. The maximum absolute atomic E-state index is 12.6. The van der Waals surface area contributed by atoms with Gasteiger partial charge in [0.15, 0.2) is 0 Å². The van der Waals surface area contributed by atoms with Gasteiger partial charge in [0, 0.05) is 12.4 Å². The van der Waals surface area contributed by atoms with E-state index in [0.717, 1.165) is 0 Å². The minimum absolute atomic E-state index is 0.0167. The molecule has 108 valence electrons. The van der Waals surface area contributed by atoms with Crippen LogP contribution < -0.4 is 11.3 Å². The van der Waals surface area contributed by atoms with Gasteiger partial charge in [0.25, 0.3) is 5.56 Å². The molecule has 3 rings (SSSR count). The van der Waals surface area contributed by atoms with Gasteiger partial charge in [-0.3, -0.25) is 9.36 Å². The number of hydrogen-bond donors (Lipinski definition) is 1. The Bertz CT molecular complexity index is 986. The number of para-hydroxylation sites is 1. The Hall–Kier alpha value is -2.62. The predicted octanol–water partition coefficient (Wildman–Crippen LogP) is 2.54. The molecule has 2 heterocycles. The van der Waals surface area contributed by atoms with Gasteiger partial charge in [-0.05, 0) is 12.1 Å². The lowest BCUT2D eigenvalue weighted by molar-refractivity contribution is 0.997. The zero-order chi connectivity index (χ0) is 15.9. The Balaban J connectivity index is 2.48. The number of pyridine rings is 1. The molecule has 0 radical (unpaired) electrons. The number of halogens is 2. The zero-order valence-corrected chi connectivity index (χ0v) is 12.4. The molecule has 0 amide bonds. The van der Waals surface area contributed by atoms with Gasteiger partial charge in [-0.15, -0.1) is 0 Å². The Kier molecular flexibility index (Phi) is 3.45. The molecule has 3 aromatic rings. The normalized spacial score (nSPS) is 10.6. The standard InChI is InChI=1S/C14H7Cl2N5O/c15-9-2-1-3-10(16)12(9)21-6-7(4-17)11-8(13(21)22)5-19-14(18)20-11/h1-3,5-6H,(H2,18,19,20). The lowest BCUT2D eigenvalue weighted by Gasteiger charge is -2.11. The third-order valence-electron chi connectivity index (χ3n) is 3.07. The fourth-order valence-electron chi connectivity index (χ4n) is 2.10. The highest BCUT2D eigenvalue weighted by atomic mass is 35.5. The molecule has 0 aliphatic rings. The highest BCUT2D eigenvalue weighted by Crippen LogP contribution is 2.28. The minimum Gasteiger partial charge on any atom is -0.368 e. The molecule has 8 heteroatoms. The first-order chi connectivity index (χ1) is 10.5. The summed E-state index contributed by atoms with van der Waals surface area (Å²) >= 11 is 12.3. The Morgan fingerprint density at radius 3 is 2.59 bits per heavy atom. The number of anilines is 1. The second-order valence-corrected chi connectivity index (χ2v) is 5.20. The first-order valence-electron chi connectivity index (χ1n) is 6.05. The van der Waals surface area contributed by atoms with Crippen molar-refractivity contribution in [1.82, 2.24) is 14.5 Å². The van der Waals surface area contributed by atoms with E-state index in [1.165, 1.54) is 17.0 Å². The summed E-state index contributed by atoms with van der Waals surface area (Å²) in [7, 11) is 0. The summed E-state index contributed by atoms with van der Waals surface area (Å²) in [6, 6.07) is 6.85. The van der Waals surface area contributed by atoms with Crippen LogP contribution in [0.25, 0.3) is 16.6 Å². The van der Waals surface area contributed by atoms with E-state index in [4.69, 9.17) is 28.9 Å². The maximum Gasteiger partial charge on any atom is 0.266 e. The highest BCUT2D eigenvalue weighted by Gasteiger charge is 2.15. The fraction of sp³-hybridized carbons (Fsp3) is 0. The average Bonchev–Trinajstić information content (AvgIpc) is 2.49. The zero-order valence-electron chi connectivity index (χ0n) is 10.9. The lowest BCUT2D eigenvalue weighted by Crippen LogP contribution is -2.20. The van der Waals surface area contributed by atoms with E-state index in [9.17, 15) is 10.1 Å². The largest absolute Gasteiger partial charge is 0.368 e. The molecule has 22 heavy (non-hydrogen) atoms. The molecular formula is C14H7Cl2N5O. The first-order valence-corrected chi connectivity index (χ1v) is 6.81. The van der Waals surface area contributed by atoms with Gasteiger partial charge < -0.3 is 5.73 Å². The van der Waals surface area contributed by atoms with E-state index in [-0.39, 0.29) is 32.5 Å². The van der Waals surface area contributed by atoms with Gasteiger partial charge in [0.1, 0.15) is 11.6 Å². The number of aromatic nitrogens is 3. The van der Waals surface area contributed by atoms with Crippen LogP contribution in [-0.4, -0.2) is 14.5 Å². The summed E-state index contributed by atoms with van der Waals surface area (Å²) in [5, 5.41) is 10.0. The second-order valence-electron chi connectivity index (χ2n) is 4.39. The van der Waals surface area contributed by atoms with Gasteiger partial charge in [0.05, 0.1) is 26.7 Å². The monoisotopic (exact) mass is 331 g/mol. The van der Waals surface area contributed by atoms with Crippen LogP contribution in [0.3, 0.4) is 0 Å². The van der Waals surface area contributed by atoms with Crippen molar-refractivity contribution in [3.8, 4) is 11.8 Å². The van der Waals surface area contributed by atoms with Crippen LogP contribution in [0, 0.1) is 11.3 Å². The summed E-state index contributed by atoms with van der Waals surface area (Å²) < 4.78 is 1.21. The van der Waals surface area contributed by atoms with Gasteiger partial charge in [-0.25, -0.2) is 9.97 Å². The number of hydrogen-bond acceptors (Lipinski definition) is 5. The molecule has 0 bridgehead atoms. The summed E-state index contributed by atoms with van der Waals surface area (Å²) in [5.74, 6) is -0.0167. The van der Waals surface area contributed by atoms with E-state index >= 15 is 0 Å². The SMILES string of the molecule is N#Cc1cn(-c2c(Cl)cccc2Cl)c(=O)c2cnc(N)nc12. The molecule has 0 aliphatic heterocycles. The van der Waals surface area contributed by atoms with Crippen molar-refractivity contribution in [1.29, 1.82) is 5.26 Å². The molecule has 0 atom stereocenters. The maximum atomic E-state index is 12.6. The molecule has 0 fully saturated rings. The molecule has 6 nitrogen and oxygen atoms in total. The lowest BCUT2D eigenvalue weighted by atomic mass is 10.2. The van der Waals surface area contributed by atoms with Gasteiger partial charge in [-0.2, -0.15) is 5.26 Å². The average molecular weight is 332 g/mol. The van der Waals surface area contributed by atoms with Crippen molar-refractivity contribution in [2.24, 2.45) is 0 Å². The summed E-state index contributed by atoms with van der Waals surface area (Å²) in [4.78, 5) is 20.4. The van der Waals surface area contributed by atoms with Gasteiger partial charge in [-0.1, -0.05) is 29.3 Å². The molecule has 0 spiro atoms. The quantitative estimate of drug-likeness (QED) is 0.738. The molecule has 1 aromatic carbocycles. The molecule has 0 aliphatic carbocycles. The van der Waals surface area contributed by atoms with Crippen molar-refractivity contribution >= 4 is 40.1 Å². The van der Waals surface area contributed by atoms with Crippen LogP contribution in [0.15, 0.2) is 35.4 Å². The molecular weight excluding hydrogens is 325 g/mol. The van der Waals surface area contributed by atoms with E-state index in [1.54, 1.807) is 18.2 Å². The van der Waals surface area contributed by atoms with Crippen molar-refractivity contribution in [3.63, 3.8) is 0 Å². The topological polar surface area (TPSA) is 97.6 Å². The first kappa shape index (κ1) is 14.3. The van der Waals surface area contributed by atoms with Crippen LogP contribution in [0.1, 0.15) is 5.56 Å². The van der Waals surface area contributed by atoms with Crippen LogP contribution in [-0.2, 0) is 0 Å².